The molecule has 0 fully saturated rings. The van der Waals surface area contributed by atoms with Crippen molar-refractivity contribution in [3.05, 3.63) is 48.5 Å². The highest BCUT2D eigenvalue weighted by molar-refractivity contribution is 7.99. The highest BCUT2D eigenvalue weighted by Gasteiger charge is 2.39. The molecule has 0 aromatic heterocycles. The number of benzene rings is 2. The van der Waals surface area contributed by atoms with Crippen LogP contribution < -0.4 is 8.95 Å². The number of rotatable bonds is 8. The first-order chi connectivity index (χ1) is 13.4. The van der Waals surface area contributed by atoms with Gasteiger partial charge in [0.1, 0.15) is 11.5 Å². The molecule has 2 rings (SSSR count). The Morgan fingerprint density at radius 3 is 2.00 bits per heavy atom. The van der Waals surface area contributed by atoms with Gasteiger partial charge in [-0.05, 0) is 48.5 Å². The number of hydrogen-bond acceptors (Lipinski definition) is 3. The lowest BCUT2D eigenvalue weighted by Crippen LogP contribution is -2.43. The highest BCUT2D eigenvalue weighted by atomic mass is 32.2. The Kier molecular flexibility index (Phi) is 8.29. The van der Waals surface area contributed by atoms with Crippen LogP contribution in [0.1, 0.15) is 48.5 Å². The second-order valence-electron chi connectivity index (χ2n) is 9.52. The molecule has 2 aromatic rings. The van der Waals surface area contributed by atoms with E-state index < -0.39 is 16.5 Å². The molecule has 0 atom stereocenters. The average Bonchev–Trinajstić information content (AvgIpc) is 2.60. The van der Waals surface area contributed by atoms with Crippen LogP contribution in [0.15, 0.2) is 58.3 Å². The molecule has 0 heterocycles. The summed E-state index contributed by atoms with van der Waals surface area (Å²) >= 11 is 1.75. The molecule has 0 spiro atoms. The summed E-state index contributed by atoms with van der Waals surface area (Å²) in [4.78, 5) is 2.33. The van der Waals surface area contributed by atoms with Crippen molar-refractivity contribution < 1.29 is 8.95 Å². The maximum atomic E-state index is 6.59. The van der Waals surface area contributed by atoms with Crippen LogP contribution >= 0.6 is 19.9 Å². The Morgan fingerprint density at radius 1 is 0.897 bits per heavy atom. The predicted octanol–water partition coefficient (Wildman–Crippen LogP) is 8.81. The zero-order valence-electron chi connectivity index (χ0n) is 19.4. The maximum Gasteiger partial charge on any atom is 0.250 e. The van der Waals surface area contributed by atoms with E-state index in [1.54, 1.807) is 11.8 Å². The molecule has 0 aliphatic rings. The molecule has 0 amide bonds. The van der Waals surface area contributed by atoms with Crippen LogP contribution in [-0.4, -0.2) is 19.6 Å². The summed E-state index contributed by atoms with van der Waals surface area (Å²) in [6.45, 7) is 20.4. The topological polar surface area (TPSA) is 18.5 Å². The quantitative estimate of drug-likeness (QED) is 0.297. The first-order valence-corrected chi connectivity index (χ1v) is 15.6. The lowest BCUT2D eigenvalue weighted by atomic mass is 10.2. The minimum Gasteiger partial charge on any atom is -0.543 e. The van der Waals surface area contributed by atoms with Crippen molar-refractivity contribution in [1.82, 2.24) is 0 Å². The fourth-order valence-corrected chi connectivity index (χ4v) is 6.71. The molecule has 0 unspecified atom stereocenters. The Bertz CT molecular complexity index is 777. The summed E-state index contributed by atoms with van der Waals surface area (Å²) in [6.07, 6.45) is 0. The highest BCUT2D eigenvalue weighted by Crippen LogP contribution is 2.50. The van der Waals surface area contributed by atoms with E-state index in [-0.39, 0.29) is 5.04 Å². The van der Waals surface area contributed by atoms with Gasteiger partial charge in [-0.15, -0.1) is 0 Å². The zero-order chi connectivity index (χ0) is 21.8. The van der Waals surface area contributed by atoms with E-state index in [1.807, 2.05) is 0 Å². The molecular weight excluding hydrogens is 411 g/mol. The van der Waals surface area contributed by atoms with Crippen molar-refractivity contribution in [3.63, 3.8) is 0 Å². The van der Waals surface area contributed by atoms with Crippen molar-refractivity contribution in [2.24, 2.45) is 0 Å². The van der Waals surface area contributed by atoms with Crippen LogP contribution in [0.4, 0.5) is 0 Å². The monoisotopic (exact) mass is 448 g/mol. The Hall–Kier alpha value is -0.963. The van der Waals surface area contributed by atoms with E-state index in [9.17, 15) is 0 Å². The third kappa shape index (κ3) is 6.77. The van der Waals surface area contributed by atoms with Gasteiger partial charge in [0.25, 0.3) is 0 Å². The van der Waals surface area contributed by atoms with Gasteiger partial charge in [0, 0.05) is 16.2 Å². The third-order valence-electron chi connectivity index (χ3n) is 5.29. The average molecular weight is 449 g/mol. The summed E-state index contributed by atoms with van der Waals surface area (Å²) < 4.78 is 13.2. The van der Waals surface area contributed by atoms with E-state index in [2.05, 4.69) is 110 Å². The van der Waals surface area contributed by atoms with Gasteiger partial charge in [-0.3, -0.25) is 0 Å². The largest absolute Gasteiger partial charge is 0.543 e. The molecule has 0 radical (unpaired) electrons. The lowest BCUT2D eigenvalue weighted by Gasteiger charge is -2.36. The fourth-order valence-electron chi connectivity index (χ4n) is 2.69. The molecule has 5 heteroatoms. The third-order valence-corrected chi connectivity index (χ3v) is 13.1. The molecule has 0 saturated carbocycles. The van der Waals surface area contributed by atoms with Crippen LogP contribution in [-0.2, 0) is 0 Å². The standard InChI is InChI=1S/C24H37O2PSSi/c1-18(2)27(19(3)4)25-22-16-15-20(26-29(8,9)24(5,6)7)17-23(22)28-21-13-11-10-12-14-21/h10-19H,1-9H3. The van der Waals surface area contributed by atoms with Crippen molar-refractivity contribution in [1.29, 1.82) is 0 Å². The van der Waals surface area contributed by atoms with Gasteiger partial charge in [0.05, 0.1) is 13.0 Å². The minimum absolute atomic E-state index is 0.165. The van der Waals surface area contributed by atoms with Crippen LogP contribution in [0.3, 0.4) is 0 Å². The van der Waals surface area contributed by atoms with Crippen LogP contribution in [0.2, 0.25) is 18.1 Å². The van der Waals surface area contributed by atoms with Crippen molar-refractivity contribution in [2.45, 2.75) is 87.7 Å². The molecule has 2 nitrogen and oxygen atoms in total. The summed E-state index contributed by atoms with van der Waals surface area (Å²) in [7, 11) is -2.44. The molecule has 2 aromatic carbocycles. The molecule has 0 bridgehead atoms. The Labute approximate surface area is 184 Å². The molecular formula is C24H37O2PSSi. The van der Waals surface area contributed by atoms with Crippen LogP contribution in [0.25, 0.3) is 0 Å². The van der Waals surface area contributed by atoms with E-state index >= 15 is 0 Å². The second kappa shape index (κ2) is 9.90. The molecule has 29 heavy (non-hydrogen) atoms. The van der Waals surface area contributed by atoms with Crippen molar-refractivity contribution in [2.75, 3.05) is 0 Å². The SMILES string of the molecule is CC(C)P(Oc1ccc(O[Si](C)(C)C(C)(C)C)cc1Sc1ccccc1)C(C)C. The molecule has 0 aliphatic heterocycles. The van der Waals surface area contributed by atoms with Crippen LogP contribution in [0.5, 0.6) is 11.5 Å². The first-order valence-electron chi connectivity index (χ1n) is 10.4. The van der Waals surface area contributed by atoms with Gasteiger partial charge < -0.3 is 8.95 Å². The molecule has 0 saturated heterocycles. The lowest BCUT2D eigenvalue weighted by molar-refractivity contribution is 0.489. The normalized spacial score (nSPS) is 12.7. The maximum absolute atomic E-state index is 6.59. The van der Waals surface area contributed by atoms with Gasteiger partial charge in [-0.1, -0.05) is 78.4 Å². The van der Waals surface area contributed by atoms with Gasteiger partial charge in [0.15, 0.2) is 0 Å². The second-order valence-corrected chi connectivity index (χ2v) is 18.3. The van der Waals surface area contributed by atoms with Gasteiger partial charge in [0.2, 0.25) is 8.32 Å². The van der Waals surface area contributed by atoms with Gasteiger partial charge >= 0.3 is 0 Å². The van der Waals surface area contributed by atoms with E-state index in [0.717, 1.165) is 16.4 Å². The van der Waals surface area contributed by atoms with Crippen LogP contribution in [0, 0.1) is 0 Å². The van der Waals surface area contributed by atoms with Gasteiger partial charge in [-0.2, -0.15) is 0 Å². The predicted molar refractivity (Wildman–Crippen MR) is 133 cm³/mol. The van der Waals surface area contributed by atoms with Crippen molar-refractivity contribution in [3.8, 4) is 11.5 Å². The zero-order valence-corrected chi connectivity index (χ0v) is 22.2. The van der Waals surface area contributed by atoms with E-state index in [4.69, 9.17) is 8.95 Å². The van der Waals surface area contributed by atoms with Gasteiger partial charge in [-0.25, -0.2) is 0 Å². The smallest absolute Gasteiger partial charge is 0.250 e. The molecule has 0 N–H and O–H groups in total. The number of hydrogen-bond donors (Lipinski definition) is 0. The fraction of sp³-hybridized carbons (Fsp3) is 0.500. The summed E-state index contributed by atoms with van der Waals surface area (Å²) in [5.41, 5.74) is 1.03. The van der Waals surface area contributed by atoms with E-state index in [0.29, 0.717) is 11.3 Å². The Balaban J connectivity index is 2.40. The minimum atomic E-state index is -1.89. The first kappa shape index (κ1) is 24.3. The summed E-state index contributed by atoms with van der Waals surface area (Å²) in [6, 6.07) is 16.8. The molecule has 0 aliphatic carbocycles. The molecule has 160 valence electrons. The summed E-state index contributed by atoms with van der Waals surface area (Å²) in [5.74, 6) is 1.91. The van der Waals surface area contributed by atoms with Crippen molar-refractivity contribution >= 4 is 28.2 Å². The van der Waals surface area contributed by atoms with E-state index in [1.165, 1.54) is 4.90 Å². The Morgan fingerprint density at radius 2 is 1.48 bits per heavy atom. The summed E-state index contributed by atoms with van der Waals surface area (Å²) in [5, 5.41) is 0.165.